The molecule has 0 unspecified atom stereocenters. The first kappa shape index (κ1) is 28.4. The van der Waals surface area contributed by atoms with Gasteiger partial charge in [-0.05, 0) is 93.5 Å². The van der Waals surface area contributed by atoms with E-state index in [1.165, 1.54) is 11.2 Å². The van der Waals surface area contributed by atoms with Crippen molar-refractivity contribution in [2.24, 2.45) is 16.8 Å². The Kier molecular flexibility index (Phi) is 8.66. The van der Waals surface area contributed by atoms with E-state index in [0.29, 0.717) is 37.2 Å². The summed E-state index contributed by atoms with van der Waals surface area (Å²) in [5.74, 6) is 0.649. The van der Waals surface area contributed by atoms with Crippen LogP contribution in [0.15, 0.2) is 35.3 Å². The summed E-state index contributed by atoms with van der Waals surface area (Å²) in [7, 11) is -3.52. The van der Waals surface area contributed by atoms with E-state index in [-0.39, 0.29) is 42.5 Å². The number of carbonyl (C=O) groups is 2. The number of aliphatic imine (C=N–C) groups is 1. The van der Waals surface area contributed by atoms with Gasteiger partial charge in [0.2, 0.25) is 15.9 Å². The lowest BCUT2D eigenvalue weighted by Crippen LogP contribution is -2.51. The molecule has 0 aromatic heterocycles. The number of aryl methyl sites for hydroxylation is 2. The summed E-state index contributed by atoms with van der Waals surface area (Å²) in [6.07, 6.45) is 3.99. The maximum absolute atomic E-state index is 13.1. The Balaban J connectivity index is 1.31. The molecule has 1 aliphatic carbocycles. The fourth-order valence-electron chi connectivity index (χ4n) is 5.76. The van der Waals surface area contributed by atoms with E-state index >= 15 is 0 Å². The number of amidine groups is 1. The van der Waals surface area contributed by atoms with Crippen molar-refractivity contribution in [3.05, 3.63) is 41.5 Å². The third-order valence-corrected chi connectivity index (χ3v) is 9.94. The minimum absolute atomic E-state index is 0.0359. The van der Waals surface area contributed by atoms with E-state index in [1.807, 2.05) is 19.1 Å². The lowest BCUT2D eigenvalue weighted by molar-refractivity contribution is -0.125. The van der Waals surface area contributed by atoms with Crippen molar-refractivity contribution in [1.82, 2.24) is 9.62 Å². The maximum atomic E-state index is 13.1. The van der Waals surface area contributed by atoms with E-state index in [0.717, 1.165) is 42.9 Å². The fraction of sp³-hybridized carbons (Fsp3) is 0.593. The molecule has 0 atom stereocenters. The van der Waals surface area contributed by atoms with Crippen LogP contribution < -0.4 is 10.6 Å². The number of benzene rings is 1. The Morgan fingerprint density at radius 1 is 1.21 bits per heavy atom. The van der Waals surface area contributed by atoms with Crippen LogP contribution in [0.4, 0.5) is 14.5 Å². The lowest BCUT2D eigenvalue weighted by atomic mass is 9.80. The molecule has 2 amide bonds. The zero-order chi connectivity index (χ0) is 27.5. The van der Waals surface area contributed by atoms with Crippen LogP contribution in [-0.4, -0.2) is 54.8 Å². The second-order valence-electron chi connectivity index (χ2n) is 10.7. The van der Waals surface area contributed by atoms with E-state index in [9.17, 15) is 26.8 Å². The smallest absolute Gasteiger partial charge is 0.266 e. The van der Waals surface area contributed by atoms with Gasteiger partial charge in [0.1, 0.15) is 11.4 Å². The number of nitrogens with zero attached hydrogens (tertiary/aromatic N) is 2. The quantitative estimate of drug-likeness (QED) is 0.507. The Morgan fingerprint density at radius 2 is 1.89 bits per heavy atom. The molecule has 1 saturated carbocycles. The molecule has 8 nitrogen and oxygen atoms in total. The standard InChI is InChI=1S/C27H36F2N4O4S/c1-18-17-23(30-19(2)34)9-8-21(18)11-16-38(36,37)33-14-12-27(13-15-33)26(35)31-25(32-27)22-6-3-20(4-7-22)5-10-24(28)29/h8-10,17,20,22H,3-7,11-16H2,1-2H3,(H,30,34)(H,31,32,35). The molecule has 208 valence electrons. The molecule has 1 spiro atoms. The second kappa shape index (κ2) is 11.6. The molecule has 38 heavy (non-hydrogen) atoms. The number of rotatable bonds is 8. The third kappa shape index (κ3) is 6.66. The number of anilines is 1. The average Bonchev–Trinajstić information content (AvgIpc) is 3.17. The molecule has 4 rings (SSSR count). The highest BCUT2D eigenvalue weighted by molar-refractivity contribution is 7.89. The number of hydrogen-bond acceptors (Lipinski definition) is 5. The number of nitrogens with one attached hydrogen (secondary N) is 2. The first-order valence-electron chi connectivity index (χ1n) is 13.2. The molecule has 0 radical (unpaired) electrons. The van der Waals surface area contributed by atoms with Crippen molar-refractivity contribution in [2.75, 3.05) is 24.2 Å². The van der Waals surface area contributed by atoms with Gasteiger partial charge in [0.25, 0.3) is 12.0 Å². The highest BCUT2D eigenvalue weighted by atomic mass is 32.2. The number of piperidine rings is 1. The van der Waals surface area contributed by atoms with E-state index in [1.54, 1.807) is 6.07 Å². The predicted octanol–water partition coefficient (Wildman–Crippen LogP) is 4.17. The molecule has 2 heterocycles. The van der Waals surface area contributed by atoms with Gasteiger partial charge >= 0.3 is 0 Å². The van der Waals surface area contributed by atoms with Crippen LogP contribution in [0, 0.1) is 18.8 Å². The van der Waals surface area contributed by atoms with Crippen molar-refractivity contribution in [2.45, 2.75) is 70.8 Å². The second-order valence-corrected chi connectivity index (χ2v) is 12.8. The van der Waals surface area contributed by atoms with Crippen LogP contribution in [0.25, 0.3) is 0 Å². The Morgan fingerprint density at radius 3 is 2.50 bits per heavy atom. The normalized spacial score (nSPS) is 23.6. The molecule has 1 aromatic rings. The van der Waals surface area contributed by atoms with Crippen LogP contribution in [0.5, 0.6) is 0 Å². The van der Waals surface area contributed by atoms with Crippen LogP contribution in [0.2, 0.25) is 0 Å². The van der Waals surface area contributed by atoms with Gasteiger partial charge in [0.15, 0.2) is 0 Å². The number of allylic oxidation sites excluding steroid dienone is 1. The molecule has 1 aromatic carbocycles. The van der Waals surface area contributed by atoms with Crippen molar-refractivity contribution in [1.29, 1.82) is 0 Å². The molecule has 11 heteroatoms. The number of hydrogen-bond donors (Lipinski definition) is 2. The van der Waals surface area contributed by atoms with Gasteiger partial charge in [-0.25, -0.2) is 12.7 Å². The summed E-state index contributed by atoms with van der Waals surface area (Å²) < 4.78 is 52.4. The molecule has 2 aliphatic heterocycles. The van der Waals surface area contributed by atoms with Gasteiger partial charge < -0.3 is 10.6 Å². The van der Waals surface area contributed by atoms with Crippen LogP contribution in [-0.2, 0) is 26.0 Å². The molecular formula is C27H36F2N4O4S. The largest absolute Gasteiger partial charge is 0.326 e. The van der Waals surface area contributed by atoms with Crippen molar-refractivity contribution >= 4 is 33.4 Å². The van der Waals surface area contributed by atoms with Gasteiger partial charge in [-0.3, -0.25) is 14.6 Å². The van der Waals surface area contributed by atoms with Gasteiger partial charge in [0.05, 0.1) is 5.75 Å². The van der Waals surface area contributed by atoms with Crippen molar-refractivity contribution < 1.29 is 26.8 Å². The zero-order valence-corrected chi connectivity index (χ0v) is 22.8. The SMILES string of the molecule is CC(=O)Nc1ccc(CCS(=O)(=O)N2CCC3(CC2)N=C(C2CCC(CC=C(F)F)CC2)NC3=O)c(C)c1. The van der Waals surface area contributed by atoms with Gasteiger partial charge in [0, 0.05) is 31.6 Å². The summed E-state index contributed by atoms with van der Waals surface area (Å²) in [4.78, 5) is 29.0. The summed E-state index contributed by atoms with van der Waals surface area (Å²) >= 11 is 0. The van der Waals surface area contributed by atoms with Gasteiger partial charge in [-0.2, -0.15) is 8.78 Å². The third-order valence-electron chi connectivity index (χ3n) is 8.07. The number of halogens is 2. The van der Waals surface area contributed by atoms with Gasteiger partial charge in [-0.1, -0.05) is 6.07 Å². The summed E-state index contributed by atoms with van der Waals surface area (Å²) in [5.41, 5.74) is 1.57. The lowest BCUT2D eigenvalue weighted by Gasteiger charge is -2.34. The Hall–Kier alpha value is -2.66. The topological polar surface area (TPSA) is 108 Å². The summed E-state index contributed by atoms with van der Waals surface area (Å²) in [6, 6.07) is 5.43. The predicted molar refractivity (Wildman–Crippen MR) is 142 cm³/mol. The average molecular weight is 551 g/mol. The first-order valence-corrected chi connectivity index (χ1v) is 14.9. The zero-order valence-electron chi connectivity index (χ0n) is 21.9. The van der Waals surface area contributed by atoms with Crippen LogP contribution in [0.3, 0.4) is 0 Å². The van der Waals surface area contributed by atoms with Crippen LogP contribution in [0.1, 0.15) is 63.0 Å². The molecule has 0 bridgehead atoms. The van der Waals surface area contributed by atoms with Crippen molar-refractivity contribution in [3.8, 4) is 0 Å². The van der Waals surface area contributed by atoms with E-state index < -0.39 is 21.6 Å². The number of sulfonamides is 1. The number of carbonyl (C=O) groups excluding carboxylic acids is 2. The van der Waals surface area contributed by atoms with E-state index in [2.05, 4.69) is 10.6 Å². The highest BCUT2D eigenvalue weighted by Gasteiger charge is 2.48. The molecule has 3 aliphatic rings. The molecule has 1 saturated heterocycles. The Labute approximate surface area is 223 Å². The molecule has 2 fully saturated rings. The minimum Gasteiger partial charge on any atom is -0.326 e. The highest BCUT2D eigenvalue weighted by Crippen LogP contribution is 2.37. The van der Waals surface area contributed by atoms with Crippen LogP contribution >= 0.6 is 0 Å². The fourth-order valence-corrected chi connectivity index (χ4v) is 7.24. The van der Waals surface area contributed by atoms with Gasteiger partial charge in [-0.15, -0.1) is 0 Å². The number of amides is 2. The minimum atomic E-state index is -3.52. The molecular weight excluding hydrogens is 514 g/mol. The summed E-state index contributed by atoms with van der Waals surface area (Å²) in [5, 5.41) is 5.68. The first-order chi connectivity index (χ1) is 18.0. The molecule has 2 N–H and O–H groups in total. The maximum Gasteiger partial charge on any atom is 0.266 e. The Bertz CT molecular complexity index is 1230. The monoisotopic (exact) mass is 550 g/mol. The van der Waals surface area contributed by atoms with Crippen molar-refractivity contribution in [3.63, 3.8) is 0 Å². The van der Waals surface area contributed by atoms with E-state index in [4.69, 9.17) is 4.99 Å². The summed E-state index contributed by atoms with van der Waals surface area (Å²) in [6.45, 7) is 3.80.